The summed E-state index contributed by atoms with van der Waals surface area (Å²) in [6.07, 6.45) is -9.57. The molecule has 1 aliphatic rings. The van der Waals surface area contributed by atoms with Crippen LogP contribution in [0.5, 0.6) is 5.75 Å². The Morgan fingerprint density at radius 3 is 2.32 bits per heavy atom. The number of benzene rings is 2. The third kappa shape index (κ3) is 6.14. The number of amides is 1. The van der Waals surface area contributed by atoms with Crippen molar-refractivity contribution in [1.82, 2.24) is 14.3 Å². The van der Waals surface area contributed by atoms with E-state index in [0.717, 1.165) is 5.56 Å². The molecule has 198 valence electrons. The number of carbonyl (C=O) groups excluding carboxylic acids is 1. The number of nitrogens with zero attached hydrogens (tertiary/aromatic N) is 4. The van der Waals surface area contributed by atoms with Crippen molar-refractivity contribution in [1.29, 1.82) is 0 Å². The van der Waals surface area contributed by atoms with E-state index in [1.807, 2.05) is 29.2 Å². The molecule has 1 aliphatic heterocycles. The lowest BCUT2D eigenvalue weighted by Gasteiger charge is -2.39. The van der Waals surface area contributed by atoms with Gasteiger partial charge in [-0.15, -0.1) is 0 Å². The fourth-order valence-corrected chi connectivity index (χ4v) is 4.81. The number of ether oxygens (including phenoxy) is 1. The number of aromatic nitrogens is 2. The summed E-state index contributed by atoms with van der Waals surface area (Å²) in [4.78, 5) is 20.8. The molecule has 0 saturated carbocycles. The Morgan fingerprint density at radius 1 is 1.05 bits per heavy atom. The molecule has 0 bridgehead atoms. The molecular formula is C24H22F6N4O2S. The maximum atomic E-state index is 13.2. The fourth-order valence-electron chi connectivity index (χ4n) is 4.09. The molecule has 0 radical (unpaired) electrons. The lowest BCUT2D eigenvalue weighted by molar-refractivity contribution is -0.143. The Kier molecular flexibility index (Phi) is 7.36. The van der Waals surface area contributed by atoms with Crippen molar-refractivity contribution in [2.24, 2.45) is 0 Å². The molecule has 37 heavy (non-hydrogen) atoms. The first-order valence-corrected chi connectivity index (χ1v) is 11.9. The molecule has 4 rings (SSSR count). The first-order chi connectivity index (χ1) is 17.3. The average Bonchev–Trinajstić information content (AvgIpc) is 3.30. The highest BCUT2D eigenvalue weighted by molar-refractivity contribution is 7.09. The Balaban J connectivity index is 1.47. The Morgan fingerprint density at radius 2 is 1.73 bits per heavy atom. The van der Waals surface area contributed by atoms with Crippen LogP contribution >= 0.6 is 11.5 Å². The third-order valence-corrected chi connectivity index (χ3v) is 6.76. The Hall–Kier alpha value is -3.35. The smallest absolute Gasteiger partial charge is 0.416 e. The summed E-state index contributed by atoms with van der Waals surface area (Å²) in [5.41, 5.74) is -2.73. The maximum Gasteiger partial charge on any atom is 0.416 e. The van der Waals surface area contributed by atoms with Crippen molar-refractivity contribution < 1.29 is 35.9 Å². The molecule has 0 N–H and O–H groups in total. The van der Waals surface area contributed by atoms with Gasteiger partial charge in [0.1, 0.15) is 11.6 Å². The van der Waals surface area contributed by atoms with Crippen LogP contribution < -0.4 is 9.64 Å². The molecule has 1 saturated heterocycles. The van der Waals surface area contributed by atoms with Crippen molar-refractivity contribution in [3.05, 3.63) is 70.5 Å². The van der Waals surface area contributed by atoms with Gasteiger partial charge in [0.05, 0.1) is 18.2 Å². The van der Waals surface area contributed by atoms with Crippen LogP contribution in [0.4, 0.5) is 31.5 Å². The zero-order valence-electron chi connectivity index (χ0n) is 19.7. The standard InChI is InChI=1S/C24H22F6N4O2S/c1-14-13-33(22-31-20(32-37-22)9-15-4-3-5-19(8-15)36-2)6-7-34(14)21(35)16-10-17(23(25,26)27)12-18(11-16)24(28,29)30/h3-5,8,10-12,14H,6-7,9,13H2,1-2H3. The minimum atomic E-state index is -5.03. The summed E-state index contributed by atoms with van der Waals surface area (Å²) in [6.45, 7) is 2.38. The molecular weight excluding hydrogens is 522 g/mol. The number of methoxy groups -OCH3 is 1. The second kappa shape index (κ2) is 10.2. The average molecular weight is 545 g/mol. The minimum absolute atomic E-state index is 0.0106. The van der Waals surface area contributed by atoms with E-state index in [9.17, 15) is 31.1 Å². The van der Waals surface area contributed by atoms with Crippen LogP contribution in [0.15, 0.2) is 42.5 Å². The summed E-state index contributed by atoms with van der Waals surface area (Å²) >= 11 is 1.18. The number of rotatable bonds is 5. The lowest BCUT2D eigenvalue weighted by atomic mass is 10.0. The Labute approximate surface area is 212 Å². The van der Waals surface area contributed by atoms with Gasteiger partial charge in [0.2, 0.25) is 5.13 Å². The van der Waals surface area contributed by atoms with Gasteiger partial charge in [0.15, 0.2) is 0 Å². The number of halogens is 6. The van der Waals surface area contributed by atoms with E-state index in [0.29, 0.717) is 48.3 Å². The van der Waals surface area contributed by atoms with E-state index < -0.39 is 41.0 Å². The van der Waals surface area contributed by atoms with Crippen molar-refractivity contribution >= 4 is 22.6 Å². The molecule has 2 aromatic carbocycles. The highest BCUT2D eigenvalue weighted by Gasteiger charge is 2.38. The second-order valence-corrected chi connectivity index (χ2v) is 9.34. The van der Waals surface area contributed by atoms with Crippen molar-refractivity contribution in [2.45, 2.75) is 31.7 Å². The van der Waals surface area contributed by atoms with Crippen LogP contribution in [0.1, 0.15) is 39.8 Å². The molecule has 3 aromatic rings. The van der Waals surface area contributed by atoms with Gasteiger partial charge in [-0.1, -0.05) is 12.1 Å². The number of carbonyl (C=O) groups is 1. The van der Waals surface area contributed by atoms with Gasteiger partial charge in [-0.25, -0.2) is 4.98 Å². The maximum absolute atomic E-state index is 13.2. The van der Waals surface area contributed by atoms with Crippen LogP contribution in [0, 0.1) is 0 Å². The van der Waals surface area contributed by atoms with E-state index in [-0.39, 0.29) is 12.6 Å². The third-order valence-electron chi connectivity index (χ3n) is 5.95. The normalized spacial score (nSPS) is 16.7. The number of piperazine rings is 1. The summed E-state index contributed by atoms with van der Waals surface area (Å²) < 4.78 is 88.9. The van der Waals surface area contributed by atoms with Crippen LogP contribution in [0.3, 0.4) is 0 Å². The van der Waals surface area contributed by atoms with Gasteiger partial charge in [0, 0.05) is 49.2 Å². The zero-order chi connectivity index (χ0) is 27.0. The first kappa shape index (κ1) is 26.7. The summed E-state index contributed by atoms with van der Waals surface area (Å²) in [6, 6.07) is 7.94. The summed E-state index contributed by atoms with van der Waals surface area (Å²) in [5, 5.41) is 0.621. The molecule has 6 nitrogen and oxygen atoms in total. The van der Waals surface area contributed by atoms with Crippen LogP contribution in [-0.4, -0.2) is 53.0 Å². The topological polar surface area (TPSA) is 58.6 Å². The monoisotopic (exact) mass is 544 g/mol. The fraction of sp³-hybridized carbons (Fsp3) is 0.375. The highest BCUT2D eigenvalue weighted by atomic mass is 32.1. The molecule has 0 spiro atoms. The van der Waals surface area contributed by atoms with Gasteiger partial charge in [-0.2, -0.15) is 30.7 Å². The summed E-state index contributed by atoms with van der Waals surface area (Å²) in [5.74, 6) is 0.425. The van der Waals surface area contributed by atoms with Gasteiger partial charge >= 0.3 is 12.4 Å². The highest BCUT2D eigenvalue weighted by Crippen LogP contribution is 2.37. The molecule has 1 unspecified atom stereocenters. The van der Waals surface area contributed by atoms with Crippen molar-refractivity contribution in [2.75, 3.05) is 31.6 Å². The second-order valence-electron chi connectivity index (χ2n) is 8.61. The number of hydrogen-bond donors (Lipinski definition) is 0. The first-order valence-electron chi connectivity index (χ1n) is 11.2. The van der Waals surface area contributed by atoms with Gasteiger partial charge in [0.25, 0.3) is 5.91 Å². The number of alkyl halides is 6. The predicted molar refractivity (Wildman–Crippen MR) is 125 cm³/mol. The zero-order valence-corrected chi connectivity index (χ0v) is 20.5. The van der Waals surface area contributed by atoms with Crippen LogP contribution in [0.2, 0.25) is 0 Å². The predicted octanol–water partition coefficient (Wildman–Crippen LogP) is 5.53. The van der Waals surface area contributed by atoms with E-state index in [4.69, 9.17) is 4.74 Å². The van der Waals surface area contributed by atoms with Crippen molar-refractivity contribution in [3.8, 4) is 5.75 Å². The molecule has 0 aliphatic carbocycles. The van der Waals surface area contributed by atoms with Crippen LogP contribution in [0.25, 0.3) is 0 Å². The quantitative estimate of drug-likeness (QED) is 0.396. The molecule has 1 amide bonds. The molecule has 13 heteroatoms. The van der Waals surface area contributed by atoms with Gasteiger partial charge in [-0.3, -0.25) is 4.79 Å². The van der Waals surface area contributed by atoms with E-state index in [1.54, 1.807) is 14.0 Å². The van der Waals surface area contributed by atoms with Gasteiger partial charge in [-0.05, 0) is 42.8 Å². The van der Waals surface area contributed by atoms with E-state index in [1.165, 1.54) is 16.4 Å². The molecule has 1 fully saturated rings. The molecule has 1 aromatic heterocycles. The van der Waals surface area contributed by atoms with E-state index in [2.05, 4.69) is 9.36 Å². The number of hydrogen-bond acceptors (Lipinski definition) is 6. The van der Waals surface area contributed by atoms with Crippen LogP contribution in [-0.2, 0) is 18.8 Å². The van der Waals surface area contributed by atoms with Gasteiger partial charge < -0.3 is 14.5 Å². The molecule has 2 heterocycles. The minimum Gasteiger partial charge on any atom is -0.497 e. The van der Waals surface area contributed by atoms with Crippen molar-refractivity contribution in [3.63, 3.8) is 0 Å². The molecule has 1 atom stereocenters. The Bertz CT molecular complexity index is 1240. The SMILES string of the molecule is COc1cccc(Cc2nsc(N3CCN(C(=O)c4cc(C(F)(F)F)cc(C(F)(F)F)c4)C(C)C3)n2)c1. The van der Waals surface area contributed by atoms with E-state index >= 15 is 0 Å². The number of anilines is 1. The largest absolute Gasteiger partial charge is 0.497 e. The lowest BCUT2D eigenvalue weighted by Crippen LogP contribution is -2.54. The summed E-state index contributed by atoms with van der Waals surface area (Å²) in [7, 11) is 1.58.